The highest BCUT2D eigenvalue weighted by Gasteiger charge is 2.58. The van der Waals surface area contributed by atoms with Crippen LogP contribution in [0.3, 0.4) is 0 Å². The number of nitrogens with zero attached hydrogens (tertiary/aromatic N) is 2. The van der Waals surface area contributed by atoms with Crippen molar-refractivity contribution in [2.24, 2.45) is 0 Å². The zero-order chi connectivity index (χ0) is 20.6. The van der Waals surface area contributed by atoms with Crippen LogP contribution < -0.4 is 0 Å². The molecule has 2 aliphatic rings. The Balaban J connectivity index is 0.000000255. The molecule has 29 heavy (non-hydrogen) atoms. The van der Waals surface area contributed by atoms with E-state index in [2.05, 4.69) is 31.7 Å². The van der Waals surface area contributed by atoms with E-state index in [0.717, 1.165) is 42.1 Å². The maximum Gasteiger partial charge on any atom is 0.293 e. The standard InChI is InChI=1S/C17H14FN3O.C5H10O2/c18-13-4-1-11(2-5-13)16-19-14-6-3-12(9-15(14)20-16)17-10-21(17)7-8-22-17;1-5(2,3)7-4-6/h1-6,9H,7-8,10H2,(H,19,20);4H,1-3H3. The molecule has 6 nitrogen and oxygen atoms in total. The average molecular weight is 397 g/mol. The van der Waals surface area contributed by atoms with E-state index in [-0.39, 0.29) is 17.1 Å². The summed E-state index contributed by atoms with van der Waals surface area (Å²) in [6.07, 6.45) is 0. The first kappa shape index (κ1) is 19.5. The van der Waals surface area contributed by atoms with Crippen molar-refractivity contribution >= 4 is 17.5 Å². The molecule has 0 amide bonds. The Hall–Kier alpha value is -2.77. The molecule has 0 aliphatic carbocycles. The lowest BCUT2D eigenvalue weighted by molar-refractivity contribution is -0.138. The molecule has 5 rings (SSSR count). The highest BCUT2D eigenvalue weighted by molar-refractivity contribution is 5.80. The predicted octanol–water partition coefficient (Wildman–Crippen LogP) is 3.83. The Morgan fingerprint density at radius 3 is 2.55 bits per heavy atom. The average Bonchev–Trinajstić information content (AvgIpc) is 3.01. The molecule has 0 saturated carbocycles. The maximum absolute atomic E-state index is 13.0. The molecule has 0 spiro atoms. The minimum Gasteiger partial charge on any atom is -0.462 e. The molecule has 7 heteroatoms. The molecule has 0 radical (unpaired) electrons. The van der Waals surface area contributed by atoms with Crippen LogP contribution in [-0.2, 0) is 20.0 Å². The van der Waals surface area contributed by atoms with E-state index < -0.39 is 0 Å². The van der Waals surface area contributed by atoms with Crippen LogP contribution in [0, 0.1) is 5.82 Å². The number of fused-ring (bicyclic) bond motifs is 2. The first-order valence-electron chi connectivity index (χ1n) is 9.57. The molecular formula is C22H24FN3O3. The van der Waals surface area contributed by atoms with Crippen LogP contribution >= 0.6 is 0 Å². The second-order valence-corrected chi connectivity index (χ2v) is 8.21. The van der Waals surface area contributed by atoms with Crippen LogP contribution in [0.15, 0.2) is 42.5 Å². The van der Waals surface area contributed by atoms with E-state index in [1.54, 1.807) is 12.1 Å². The zero-order valence-corrected chi connectivity index (χ0v) is 16.7. The van der Waals surface area contributed by atoms with E-state index in [1.807, 2.05) is 26.8 Å². The number of benzene rings is 2. The van der Waals surface area contributed by atoms with Gasteiger partial charge in [-0.05, 0) is 57.2 Å². The van der Waals surface area contributed by atoms with Crippen LogP contribution in [0.25, 0.3) is 22.4 Å². The number of morpholine rings is 1. The van der Waals surface area contributed by atoms with Gasteiger partial charge in [-0.25, -0.2) is 9.37 Å². The fourth-order valence-electron chi connectivity index (χ4n) is 3.44. The van der Waals surface area contributed by atoms with Gasteiger partial charge in [-0.3, -0.25) is 9.69 Å². The van der Waals surface area contributed by atoms with Gasteiger partial charge in [0.25, 0.3) is 6.47 Å². The van der Waals surface area contributed by atoms with Crippen LogP contribution in [0.5, 0.6) is 0 Å². The topological polar surface area (TPSA) is 67.2 Å². The third-order valence-corrected chi connectivity index (χ3v) is 4.97. The lowest BCUT2D eigenvalue weighted by Gasteiger charge is -2.14. The summed E-state index contributed by atoms with van der Waals surface area (Å²) in [4.78, 5) is 19.8. The highest BCUT2D eigenvalue weighted by Crippen LogP contribution is 2.47. The van der Waals surface area contributed by atoms with Crippen molar-refractivity contribution in [2.75, 3.05) is 19.7 Å². The molecular weight excluding hydrogens is 373 g/mol. The van der Waals surface area contributed by atoms with Crippen molar-refractivity contribution in [3.63, 3.8) is 0 Å². The van der Waals surface area contributed by atoms with Gasteiger partial charge in [0.15, 0.2) is 5.72 Å². The van der Waals surface area contributed by atoms with E-state index in [9.17, 15) is 9.18 Å². The van der Waals surface area contributed by atoms with Gasteiger partial charge in [-0.15, -0.1) is 0 Å². The van der Waals surface area contributed by atoms with Crippen LogP contribution in [-0.4, -0.2) is 46.6 Å². The van der Waals surface area contributed by atoms with E-state index in [0.29, 0.717) is 6.47 Å². The lowest BCUT2D eigenvalue weighted by atomic mass is 10.1. The summed E-state index contributed by atoms with van der Waals surface area (Å²) >= 11 is 0. The number of aromatic nitrogens is 2. The predicted molar refractivity (Wildman–Crippen MR) is 108 cm³/mol. The molecule has 3 heterocycles. The Bertz CT molecular complexity index is 1030. The van der Waals surface area contributed by atoms with Gasteiger partial charge in [-0.1, -0.05) is 6.07 Å². The molecule has 2 saturated heterocycles. The summed E-state index contributed by atoms with van der Waals surface area (Å²) in [5, 5.41) is 0. The Kier molecular flexibility index (Phi) is 4.88. The third-order valence-electron chi connectivity index (χ3n) is 4.97. The normalized spacial score (nSPS) is 22.6. The SMILES string of the molecule is CC(C)(C)OC=O.Fc1ccc(-c2nc3ccc(C45CN4CCO5)cc3[nH]2)cc1. The summed E-state index contributed by atoms with van der Waals surface area (Å²) in [7, 11) is 0. The molecule has 152 valence electrons. The van der Waals surface area contributed by atoms with Crippen molar-refractivity contribution in [1.82, 2.24) is 14.9 Å². The fourth-order valence-corrected chi connectivity index (χ4v) is 3.44. The van der Waals surface area contributed by atoms with Gasteiger partial charge in [0.05, 0.1) is 17.6 Å². The van der Waals surface area contributed by atoms with E-state index >= 15 is 0 Å². The Morgan fingerprint density at radius 1 is 1.24 bits per heavy atom. The molecule has 2 unspecified atom stereocenters. The summed E-state index contributed by atoms with van der Waals surface area (Å²) in [6, 6.07) is 12.6. The quantitative estimate of drug-likeness (QED) is 0.538. The van der Waals surface area contributed by atoms with Crippen molar-refractivity contribution < 1.29 is 18.7 Å². The number of hydrogen-bond donors (Lipinski definition) is 1. The molecule has 2 aromatic carbocycles. The maximum atomic E-state index is 13.0. The van der Waals surface area contributed by atoms with Gasteiger partial charge < -0.3 is 14.5 Å². The van der Waals surface area contributed by atoms with E-state index in [1.165, 1.54) is 17.7 Å². The second kappa shape index (κ2) is 7.24. The molecule has 3 aromatic rings. The monoisotopic (exact) mass is 397 g/mol. The van der Waals surface area contributed by atoms with Crippen molar-refractivity contribution in [3.8, 4) is 11.4 Å². The van der Waals surface area contributed by atoms with Crippen LogP contribution in [0.1, 0.15) is 26.3 Å². The van der Waals surface area contributed by atoms with Crippen LogP contribution in [0.4, 0.5) is 4.39 Å². The smallest absolute Gasteiger partial charge is 0.293 e. The molecule has 1 N–H and O–H groups in total. The highest BCUT2D eigenvalue weighted by atomic mass is 19.1. The first-order chi connectivity index (χ1) is 13.8. The third kappa shape index (κ3) is 4.02. The fraction of sp³-hybridized carbons (Fsp3) is 0.364. The summed E-state index contributed by atoms with van der Waals surface area (Å²) in [5.41, 5.74) is 3.42. The number of carbonyl (C=O) groups is 1. The van der Waals surface area contributed by atoms with Crippen molar-refractivity contribution in [1.29, 1.82) is 0 Å². The Morgan fingerprint density at radius 2 is 2.00 bits per heavy atom. The van der Waals surface area contributed by atoms with Crippen molar-refractivity contribution in [3.05, 3.63) is 53.8 Å². The van der Waals surface area contributed by atoms with Gasteiger partial charge in [0.1, 0.15) is 17.2 Å². The number of ether oxygens (including phenoxy) is 2. The number of rotatable bonds is 3. The number of H-pyrrole nitrogens is 1. The van der Waals surface area contributed by atoms with Gasteiger partial charge >= 0.3 is 0 Å². The van der Waals surface area contributed by atoms with Gasteiger partial charge in [0, 0.05) is 24.2 Å². The molecule has 2 aliphatic heterocycles. The number of carbonyl (C=O) groups excluding carboxylic acids is 1. The summed E-state index contributed by atoms with van der Waals surface area (Å²) in [5.74, 6) is 0.512. The second-order valence-electron chi connectivity index (χ2n) is 8.21. The van der Waals surface area contributed by atoms with Gasteiger partial charge in [0.2, 0.25) is 0 Å². The molecule has 2 fully saturated rings. The summed E-state index contributed by atoms with van der Waals surface area (Å²) in [6.45, 7) is 8.69. The summed E-state index contributed by atoms with van der Waals surface area (Å²) < 4.78 is 23.5. The molecule has 0 bridgehead atoms. The lowest BCUT2D eigenvalue weighted by Crippen LogP contribution is -2.17. The minimum absolute atomic E-state index is 0.199. The van der Waals surface area contributed by atoms with E-state index in [4.69, 9.17) is 4.74 Å². The number of nitrogens with one attached hydrogen (secondary N) is 1. The first-order valence-corrected chi connectivity index (χ1v) is 9.57. The minimum atomic E-state index is -0.318. The molecule has 2 atom stereocenters. The van der Waals surface area contributed by atoms with Crippen LogP contribution in [0.2, 0.25) is 0 Å². The Labute approximate surface area is 168 Å². The molecule has 1 aromatic heterocycles. The van der Waals surface area contributed by atoms with Crippen molar-refractivity contribution in [2.45, 2.75) is 32.1 Å². The zero-order valence-electron chi connectivity index (χ0n) is 16.7. The number of hydrogen-bond acceptors (Lipinski definition) is 5. The largest absolute Gasteiger partial charge is 0.462 e. The van der Waals surface area contributed by atoms with Gasteiger partial charge in [-0.2, -0.15) is 0 Å². The number of aromatic amines is 1. The number of halogens is 1. The number of imidazole rings is 1.